The predicted molar refractivity (Wildman–Crippen MR) is 411 cm³/mol. The summed E-state index contributed by atoms with van der Waals surface area (Å²) in [5.41, 5.74) is 0. The van der Waals surface area contributed by atoms with E-state index in [9.17, 15) is 19.4 Å². The second-order valence-corrected chi connectivity index (χ2v) is 32.4. The quantitative estimate of drug-likeness (QED) is 0.0243. The molecule has 0 aromatic rings. The van der Waals surface area contributed by atoms with Crippen LogP contribution in [0.1, 0.15) is 470 Å². The van der Waals surface area contributed by atoms with Gasteiger partial charge in [0.1, 0.15) is 13.2 Å². The van der Waals surface area contributed by atoms with Crippen LogP contribution in [0.15, 0.2) is 12.2 Å². The predicted octanol–water partition coefficient (Wildman–Crippen LogP) is 28.0. The Bertz CT molecular complexity index is 1520. The van der Waals surface area contributed by atoms with Gasteiger partial charge < -0.3 is 19.8 Å². The smallest absolute Gasteiger partial charge is 0.387 e. The zero-order valence-electron chi connectivity index (χ0n) is 64.1. The van der Waals surface area contributed by atoms with Gasteiger partial charge in [-0.3, -0.25) is 13.8 Å². The monoisotopic (exact) mass is 1330 g/mol. The average molecular weight is 1340 g/mol. The number of carbonyl (C=O) groups excluding carboxylic acids is 1. The lowest BCUT2D eigenvalue weighted by molar-refractivity contribution is -0.870. The number of carbonyl (C=O) groups is 1. The van der Waals surface area contributed by atoms with Crippen molar-refractivity contribution < 1.29 is 32.9 Å². The third-order valence-corrected chi connectivity index (χ3v) is 21.2. The van der Waals surface area contributed by atoms with Gasteiger partial charge in [-0.2, -0.15) is 0 Å². The lowest BCUT2D eigenvalue weighted by atomic mass is 10.0. The number of amides is 1. The molecule has 0 aliphatic rings. The van der Waals surface area contributed by atoms with Crippen LogP contribution in [0.2, 0.25) is 0 Å². The fourth-order valence-corrected chi connectivity index (χ4v) is 14.4. The lowest BCUT2D eigenvalue weighted by Gasteiger charge is -2.25. The fraction of sp³-hybridized carbons (Fsp3) is 0.964. The second kappa shape index (κ2) is 75.4. The van der Waals surface area contributed by atoms with Crippen molar-refractivity contribution in [3.05, 3.63) is 12.2 Å². The standard InChI is InChI=1S/C84H169N2O6P/c1-6-8-10-12-14-16-18-20-22-24-26-28-30-32-34-36-38-40-41-42-43-44-45-46-48-50-52-54-56-58-60-62-64-66-68-70-72-74-76-78-84(88)85-82(81-92-93(89,90)91-80-79-86(3,4)5)83(87)77-75-73-71-69-67-65-63-61-59-57-55-53-51-49-47-39-37-35-33-31-29-27-25-23-21-19-17-15-13-11-9-7-2/h75,77,82-83,87H,6-74,76,78-81H2,1-5H3,(H-,85,88,89,90)/p+1/b77-75+. The van der Waals surface area contributed by atoms with E-state index in [0.717, 1.165) is 32.1 Å². The molecule has 0 aromatic carbocycles. The minimum atomic E-state index is -4.36. The molecule has 0 radical (unpaired) electrons. The topological polar surface area (TPSA) is 105 Å². The van der Waals surface area contributed by atoms with Gasteiger partial charge in [0.2, 0.25) is 5.91 Å². The molecule has 0 saturated heterocycles. The summed E-state index contributed by atoms with van der Waals surface area (Å²) in [6, 6.07) is -0.845. The molecule has 93 heavy (non-hydrogen) atoms. The van der Waals surface area contributed by atoms with Crippen LogP contribution in [0, 0.1) is 0 Å². The third-order valence-electron chi connectivity index (χ3n) is 20.3. The summed E-state index contributed by atoms with van der Waals surface area (Å²) in [7, 11) is 1.60. The number of phosphoric acid groups is 1. The van der Waals surface area contributed by atoms with E-state index in [1.807, 2.05) is 27.2 Å². The maximum absolute atomic E-state index is 13.1. The number of hydrogen-bond donors (Lipinski definition) is 3. The Hall–Kier alpha value is -0.760. The first-order valence-electron chi connectivity index (χ1n) is 42.6. The van der Waals surface area contributed by atoms with Crippen LogP contribution in [0.5, 0.6) is 0 Å². The Morgan fingerprint density at radius 2 is 0.570 bits per heavy atom. The van der Waals surface area contributed by atoms with Gasteiger partial charge in [0.15, 0.2) is 0 Å². The maximum atomic E-state index is 13.1. The van der Waals surface area contributed by atoms with Crippen molar-refractivity contribution in [2.24, 2.45) is 0 Å². The van der Waals surface area contributed by atoms with E-state index in [1.54, 1.807) is 6.08 Å². The number of hydrogen-bond acceptors (Lipinski definition) is 5. The van der Waals surface area contributed by atoms with Gasteiger partial charge in [0, 0.05) is 6.42 Å². The molecular formula is C84H170N2O6P+. The molecule has 1 amide bonds. The first kappa shape index (κ1) is 92.2. The molecule has 0 saturated carbocycles. The van der Waals surface area contributed by atoms with E-state index in [-0.39, 0.29) is 19.1 Å². The molecule has 0 fully saturated rings. The van der Waals surface area contributed by atoms with Crippen LogP contribution in [0.25, 0.3) is 0 Å². The highest BCUT2D eigenvalue weighted by Gasteiger charge is 2.28. The SMILES string of the molecule is CCCCCCCCCCCCCCCCCCCCCCCCCCCCCCCC/C=C/C(O)C(COP(=O)(O)OCC[N+](C)(C)C)NC(=O)CCCCCCCCCCCCCCCCCCCCCCCCCCCCCCCCCCCCCCCCC. The second-order valence-electron chi connectivity index (χ2n) is 30.9. The Labute approximate surface area is 583 Å². The van der Waals surface area contributed by atoms with Crippen LogP contribution in [0.4, 0.5) is 0 Å². The summed E-state index contributed by atoms with van der Waals surface area (Å²) < 4.78 is 23.9. The summed E-state index contributed by atoms with van der Waals surface area (Å²) in [5, 5.41) is 14.1. The largest absolute Gasteiger partial charge is 0.472 e. The highest BCUT2D eigenvalue weighted by Crippen LogP contribution is 2.43. The highest BCUT2D eigenvalue weighted by molar-refractivity contribution is 7.47. The van der Waals surface area contributed by atoms with Crippen LogP contribution in [-0.2, 0) is 18.4 Å². The van der Waals surface area contributed by atoms with Gasteiger partial charge in [-0.1, -0.05) is 456 Å². The van der Waals surface area contributed by atoms with Gasteiger partial charge in [-0.05, 0) is 19.3 Å². The van der Waals surface area contributed by atoms with Crippen molar-refractivity contribution in [2.45, 2.75) is 482 Å². The number of nitrogens with one attached hydrogen (secondary N) is 1. The number of aliphatic hydroxyl groups is 1. The molecule has 3 N–H and O–H groups in total. The Morgan fingerprint density at radius 1 is 0.355 bits per heavy atom. The molecule has 8 nitrogen and oxygen atoms in total. The number of nitrogens with zero attached hydrogens (tertiary/aromatic N) is 1. The van der Waals surface area contributed by atoms with Crippen molar-refractivity contribution in [1.82, 2.24) is 5.32 Å². The Kier molecular flexibility index (Phi) is 74.8. The van der Waals surface area contributed by atoms with Crippen molar-refractivity contribution in [1.29, 1.82) is 0 Å². The molecule has 0 bridgehead atoms. The van der Waals surface area contributed by atoms with E-state index in [4.69, 9.17) is 9.05 Å². The number of aliphatic hydroxyl groups excluding tert-OH is 1. The van der Waals surface area contributed by atoms with Crippen molar-refractivity contribution in [3.8, 4) is 0 Å². The molecule has 3 atom stereocenters. The van der Waals surface area contributed by atoms with Gasteiger partial charge in [-0.15, -0.1) is 0 Å². The Balaban J connectivity index is 3.88. The van der Waals surface area contributed by atoms with Gasteiger partial charge in [0.05, 0.1) is 39.9 Å². The van der Waals surface area contributed by atoms with E-state index in [1.165, 1.54) is 417 Å². The van der Waals surface area contributed by atoms with Gasteiger partial charge in [0.25, 0.3) is 0 Å². The molecule has 0 aliphatic heterocycles. The zero-order valence-corrected chi connectivity index (χ0v) is 65.0. The molecule has 556 valence electrons. The molecule has 3 unspecified atom stereocenters. The number of unbranched alkanes of at least 4 members (excludes halogenated alkanes) is 68. The zero-order chi connectivity index (χ0) is 67.6. The average Bonchev–Trinajstić information content (AvgIpc) is 2.57. The van der Waals surface area contributed by atoms with E-state index < -0.39 is 20.0 Å². The number of quaternary nitrogens is 1. The molecule has 0 spiro atoms. The van der Waals surface area contributed by atoms with Crippen LogP contribution >= 0.6 is 7.82 Å². The summed E-state index contributed by atoms with van der Waals surface area (Å²) >= 11 is 0. The van der Waals surface area contributed by atoms with Crippen LogP contribution in [-0.4, -0.2) is 73.4 Å². The minimum absolute atomic E-state index is 0.0657. The maximum Gasteiger partial charge on any atom is 0.472 e. The van der Waals surface area contributed by atoms with Gasteiger partial charge >= 0.3 is 7.82 Å². The molecule has 0 rings (SSSR count). The van der Waals surface area contributed by atoms with E-state index in [2.05, 4.69) is 19.2 Å². The molecule has 0 aromatic heterocycles. The number of likely N-dealkylation sites (N-methyl/N-ethyl adjacent to an activating group) is 1. The Morgan fingerprint density at radius 3 is 0.796 bits per heavy atom. The number of rotatable bonds is 81. The fourth-order valence-electron chi connectivity index (χ4n) is 13.7. The summed E-state index contributed by atoms with van der Waals surface area (Å²) in [5.74, 6) is -0.164. The minimum Gasteiger partial charge on any atom is -0.387 e. The van der Waals surface area contributed by atoms with E-state index >= 15 is 0 Å². The first-order valence-corrected chi connectivity index (χ1v) is 44.1. The highest BCUT2D eigenvalue weighted by atomic mass is 31.2. The normalized spacial score (nSPS) is 13.4. The van der Waals surface area contributed by atoms with Crippen molar-refractivity contribution in [2.75, 3.05) is 40.9 Å². The van der Waals surface area contributed by atoms with Crippen molar-refractivity contribution >= 4 is 13.7 Å². The molecule has 9 heteroatoms. The van der Waals surface area contributed by atoms with Crippen LogP contribution < -0.4 is 5.32 Å². The lowest BCUT2D eigenvalue weighted by Crippen LogP contribution is -2.45. The summed E-state index contributed by atoms with van der Waals surface area (Å²) in [4.78, 5) is 23.5. The molecule has 0 heterocycles. The van der Waals surface area contributed by atoms with Crippen molar-refractivity contribution in [3.63, 3.8) is 0 Å². The first-order chi connectivity index (χ1) is 45.5. The van der Waals surface area contributed by atoms with Crippen LogP contribution in [0.3, 0.4) is 0 Å². The summed E-state index contributed by atoms with van der Waals surface area (Å²) in [6.07, 6.45) is 100. The molecule has 0 aliphatic carbocycles. The van der Waals surface area contributed by atoms with E-state index in [0.29, 0.717) is 17.4 Å². The van der Waals surface area contributed by atoms with Gasteiger partial charge in [-0.25, -0.2) is 4.57 Å². The third kappa shape index (κ3) is 78.5. The number of phosphoric ester groups is 1. The number of allylic oxidation sites excluding steroid dienone is 1. The molecular weight excluding hydrogens is 1160 g/mol. The summed E-state index contributed by atoms with van der Waals surface area (Å²) in [6.45, 7) is 4.90.